The van der Waals surface area contributed by atoms with Crippen LogP contribution in [-0.4, -0.2) is 18.0 Å². The molecule has 1 aliphatic heterocycles. The van der Waals surface area contributed by atoms with Crippen LogP contribution in [0, 0.1) is 11.8 Å². The number of epoxide rings is 1. The Bertz CT molecular complexity index is 269. The van der Waals surface area contributed by atoms with Crippen molar-refractivity contribution in [3.8, 4) is 0 Å². The first-order valence-electron chi connectivity index (χ1n) is 5.20. The zero-order valence-electron chi connectivity index (χ0n) is 7.61. The summed E-state index contributed by atoms with van der Waals surface area (Å²) >= 11 is 0. The Labute approximate surface area is 78.0 Å². The summed E-state index contributed by atoms with van der Waals surface area (Å²) in [7, 11) is 0. The van der Waals surface area contributed by atoms with E-state index in [9.17, 15) is 4.79 Å². The van der Waals surface area contributed by atoms with Crippen molar-refractivity contribution in [3.05, 3.63) is 12.2 Å². The smallest absolute Gasteiger partial charge is 0.143 e. The fourth-order valence-electron chi connectivity index (χ4n) is 2.45. The van der Waals surface area contributed by atoms with Gasteiger partial charge in [0.1, 0.15) is 5.78 Å². The van der Waals surface area contributed by atoms with Crippen LogP contribution in [0.2, 0.25) is 0 Å². The summed E-state index contributed by atoms with van der Waals surface area (Å²) < 4.78 is 5.42. The van der Waals surface area contributed by atoms with Crippen molar-refractivity contribution >= 4 is 5.78 Å². The maximum Gasteiger partial charge on any atom is 0.143 e. The van der Waals surface area contributed by atoms with Crippen molar-refractivity contribution in [2.45, 2.75) is 37.9 Å². The Morgan fingerprint density at radius 2 is 2.15 bits per heavy atom. The van der Waals surface area contributed by atoms with Crippen molar-refractivity contribution < 1.29 is 9.53 Å². The first-order chi connectivity index (χ1) is 6.34. The molecule has 0 aromatic carbocycles. The second-order valence-electron chi connectivity index (χ2n) is 4.40. The van der Waals surface area contributed by atoms with Gasteiger partial charge in [0.05, 0.1) is 12.2 Å². The molecule has 4 unspecified atom stereocenters. The average Bonchev–Trinajstić information content (AvgIpc) is 2.77. The molecule has 2 aliphatic carbocycles. The average molecular weight is 178 g/mol. The molecular formula is C11H14O2. The molecule has 0 amide bonds. The quantitative estimate of drug-likeness (QED) is 0.476. The molecule has 0 aromatic rings. The van der Waals surface area contributed by atoms with E-state index in [-0.39, 0.29) is 5.92 Å². The van der Waals surface area contributed by atoms with Crippen LogP contribution in [-0.2, 0) is 9.53 Å². The van der Waals surface area contributed by atoms with E-state index in [0.29, 0.717) is 23.9 Å². The van der Waals surface area contributed by atoms with Crippen LogP contribution >= 0.6 is 0 Å². The summed E-state index contributed by atoms with van der Waals surface area (Å²) in [6.45, 7) is 0. The van der Waals surface area contributed by atoms with Crippen LogP contribution in [0.15, 0.2) is 12.2 Å². The SMILES string of the molecule is O=C(C1C=CC1)C1CCC2OC2C1. The highest BCUT2D eigenvalue weighted by atomic mass is 16.6. The van der Waals surface area contributed by atoms with Crippen LogP contribution < -0.4 is 0 Å². The molecular weight excluding hydrogens is 164 g/mol. The predicted molar refractivity (Wildman–Crippen MR) is 48.3 cm³/mol. The Morgan fingerprint density at radius 1 is 1.31 bits per heavy atom. The van der Waals surface area contributed by atoms with E-state index in [2.05, 4.69) is 6.08 Å². The number of fused-ring (bicyclic) bond motifs is 1. The van der Waals surface area contributed by atoms with E-state index in [4.69, 9.17) is 4.74 Å². The van der Waals surface area contributed by atoms with Crippen LogP contribution in [0.1, 0.15) is 25.7 Å². The number of ketones is 1. The van der Waals surface area contributed by atoms with Gasteiger partial charge >= 0.3 is 0 Å². The summed E-state index contributed by atoms with van der Waals surface area (Å²) in [6.07, 6.45) is 9.22. The molecule has 0 aromatic heterocycles. The molecule has 1 saturated heterocycles. The third-order valence-electron chi connectivity index (χ3n) is 3.53. The molecule has 2 nitrogen and oxygen atoms in total. The molecule has 3 aliphatic rings. The number of allylic oxidation sites excluding steroid dienone is 2. The lowest BCUT2D eigenvalue weighted by atomic mass is 9.78. The number of rotatable bonds is 2. The molecule has 2 heteroatoms. The van der Waals surface area contributed by atoms with Gasteiger partial charge in [0.2, 0.25) is 0 Å². The predicted octanol–water partition coefficient (Wildman–Crippen LogP) is 1.70. The minimum Gasteiger partial charge on any atom is -0.370 e. The monoisotopic (exact) mass is 178 g/mol. The van der Waals surface area contributed by atoms with Gasteiger partial charge in [-0.1, -0.05) is 12.2 Å². The summed E-state index contributed by atoms with van der Waals surface area (Å²) in [5.74, 6) is 1.02. The van der Waals surface area contributed by atoms with E-state index in [1.165, 1.54) is 0 Å². The minimum absolute atomic E-state index is 0.250. The topological polar surface area (TPSA) is 29.6 Å². The maximum absolute atomic E-state index is 11.8. The largest absolute Gasteiger partial charge is 0.370 e. The van der Waals surface area contributed by atoms with Gasteiger partial charge in [-0.3, -0.25) is 4.79 Å². The van der Waals surface area contributed by atoms with Crippen LogP contribution in [0.4, 0.5) is 0 Å². The number of ether oxygens (including phenoxy) is 1. The van der Waals surface area contributed by atoms with Gasteiger partial charge in [0.25, 0.3) is 0 Å². The third kappa shape index (κ3) is 1.24. The summed E-state index contributed by atoms with van der Waals surface area (Å²) in [5.41, 5.74) is 0. The number of Topliss-reactive ketones (excluding diaryl/α,β-unsaturated/α-hetero) is 1. The Hall–Kier alpha value is -0.630. The molecule has 0 N–H and O–H groups in total. The maximum atomic E-state index is 11.8. The molecule has 0 radical (unpaired) electrons. The number of carbonyl (C=O) groups is 1. The van der Waals surface area contributed by atoms with E-state index in [0.717, 1.165) is 25.7 Å². The standard InChI is InChI=1S/C11H14O2/c12-11(7-2-1-3-7)8-4-5-9-10(6-8)13-9/h1-2,7-10H,3-6H2. The fourth-order valence-corrected chi connectivity index (χ4v) is 2.45. The normalized spacial score (nSPS) is 46.5. The second kappa shape index (κ2) is 2.68. The van der Waals surface area contributed by atoms with Gasteiger partial charge in [-0.2, -0.15) is 0 Å². The van der Waals surface area contributed by atoms with Crippen molar-refractivity contribution in [1.29, 1.82) is 0 Å². The summed E-state index contributed by atoms with van der Waals surface area (Å²) in [5, 5.41) is 0. The molecule has 4 atom stereocenters. The van der Waals surface area contributed by atoms with E-state index >= 15 is 0 Å². The zero-order valence-corrected chi connectivity index (χ0v) is 7.61. The van der Waals surface area contributed by atoms with E-state index < -0.39 is 0 Å². The number of hydrogen-bond acceptors (Lipinski definition) is 2. The molecule has 0 spiro atoms. The molecule has 1 saturated carbocycles. The van der Waals surface area contributed by atoms with Gasteiger partial charge in [0.15, 0.2) is 0 Å². The van der Waals surface area contributed by atoms with Gasteiger partial charge in [-0.05, 0) is 25.7 Å². The second-order valence-corrected chi connectivity index (χ2v) is 4.40. The van der Waals surface area contributed by atoms with Crippen LogP contribution in [0.25, 0.3) is 0 Å². The van der Waals surface area contributed by atoms with Gasteiger partial charge in [0, 0.05) is 11.8 Å². The first-order valence-corrected chi connectivity index (χ1v) is 5.20. The zero-order chi connectivity index (χ0) is 8.84. The lowest BCUT2D eigenvalue weighted by Crippen LogP contribution is -2.28. The number of hydrogen-bond donors (Lipinski definition) is 0. The molecule has 0 bridgehead atoms. The van der Waals surface area contributed by atoms with Crippen molar-refractivity contribution in [2.75, 3.05) is 0 Å². The highest BCUT2D eigenvalue weighted by Crippen LogP contribution is 2.41. The van der Waals surface area contributed by atoms with E-state index in [1.54, 1.807) is 0 Å². The number of carbonyl (C=O) groups excluding carboxylic acids is 1. The molecule has 70 valence electrons. The van der Waals surface area contributed by atoms with Crippen molar-refractivity contribution in [2.24, 2.45) is 11.8 Å². The molecule has 2 fully saturated rings. The molecule has 3 rings (SSSR count). The third-order valence-corrected chi connectivity index (χ3v) is 3.53. The van der Waals surface area contributed by atoms with Crippen molar-refractivity contribution in [3.63, 3.8) is 0 Å². The lowest BCUT2D eigenvalue weighted by Gasteiger charge is -2.24. The minimum atomic E-state index is 0.250. The molecule has 13 heavy (non-hydrogen) atoms. The Balaban J connectivity index is 1.63. The summed E-state index contributed by atoms with van der Waals surface area (Å²) in [4.78, 5) is 11.8. The van der Waals surface area contributed by atoms with E-state index in [1.807, 2.05) is 6.08 Å². The summed E-state index contributed by atoms with van der Waals surface area (Å²) in [6, 6.07) is 0. The van der Waals surface area contributed by atoms with Crippen LogP contribution in [0.3, 0.4) is 0 Å². The highest BCUT2D eigenvalue weighted by Gasteiger charge is 2.46. The first kappa shape index (κ1) is 7.74. The van der Waals surface area contributed by atoms with Crippen molar-refractivity contribution in [1.82, 2.24) is 0 Å². The lowest BCUT2D eigenvalue weighted by molar-refractivity contribution is -0.126. The highest BCUT2D eigenvalue weighted by molar-refractivity contribution is 5.86. The van der Waals surface area contributed by atoms with Gasteiger partial charge in [-0.25, -0.2) is 0 Å². The van der Waals surface area contributed by atoms with Gasteiger partial charge in [-0.15, -0.1) is 0 Å². The van der Waals surface area contributed by atoms with Crippen LogP contribution in [0.5, 0.6) is 0 Å². The molecule has 1 heterocycles. The Kier molecular flexibility index (Phi) is 1.59. The fraction of sp³-hybridized carbons (Fsp3) is 0.727. The van der Waals surface area contributed by atoms with Gasteiger partial charge < -0.3 is 4.74 Å². The Morgan fingerprint density at radius 3 is 2.77 bits per heavy atom.